The van der Waals surface area contributed by atoms with E-state index in [1.54, 1.807) is 36.4 Å². The van der Waals surface area contributed by atoms with Crippen LogP contribution >= 0.6 is 0 Å². The molecular weight excluding hydrogens is 538 g/mol. The zero-order valence-corrected chi connectivity index (χ0v) is 25.6. The van der Waals surface area contributed by atoms with Gasteiger partial charge in [-0.2, -0.15) is 0 Å². The van der Waals surface area contributed by atoms with Crippen molar-refractivity contribution in [2.45, 2.75) is 71.5 Å². The molecule has 0 bridgehead atoms. The number of hydrogen-bond acceptors (Lipinski definition) is 5. The predicted octanol–water partition coefficient (Wildman–Crippen LogP) is 5.23. The zero-order valence-electron chi connectivity index (χ0n) is 24.8. The summed E-state index contributed by atoms with van der Waals surface area (Å²) in [4.78, 5) is 28.9. The van der Waals surface area contributed by atoms with E-state index in [-0.39, 0.29) is 23.4 Å². The fourth-order valence-corrected chi connectivity index (χ4v) is 5.96. The third-order valence-corrected chi connectivity index (χ3v) is 8.36. The average Bonchev–Trinajstić information content (AvgIpc) is 2.92. The molecule has 0 unspecified atom stereocenters. The molecule has 0 heterocycles. The topological polar surface area (TPSA) is 96.0 Å². The first kappa shape index (κ1) is 31.7. The van der Waals surface area contributed by atoms with Gasteiger partial charge in [0, 0.05) is 12.6 Å². The van der Waals surface area contributed by atoms with Crippen LogP contribution in [0.1, 0.15) is 50.8 Å². The minimum absolute atomic E-state index is 0.0316. The minimum Gasteiger partial charge on any atom is -0.494 e. The van der Waals surface area contributed by atoms with Gasteiger partial charge in [-0.3, -0.25) is 13.9 Å². The van der Waals surface area contributed by atoms with Crippen molar-refractivity contribution in [2.75, 3.05) is 17.5 Å². The molecule has 3 rings (SSSR count). The molecule has 41 heavy (non-hydrogen) atoms. The van der Waals surface area contributed by atoms with E-state index < -0.39 is 28.5 Å². The molecule has 0 radical (unpaired) electrons. The first-order valence-corrected chi connectivity index (χ1v) is 15.4. The van der Waals surface area contributed by atoms with Crippen molar-refractivity contribution < 1.29 is 22.7 Å². The Labute approximate surface area is 244 Å². The van der Waals surface area contributed by atoms with Gasteiger partial charge < -0.3 is 15.0 Å². The molecule has 0 aliphatic rings. The van der Waals surface area contributed by atoms with Gasteiger partial charge in [-0.15, -0.1) is 0 Å². The molecule has 1 atom stereocenters. The molecule has 9 heteroatoms. The molecule has 0 saturated heterocycles. The number of carbonyl (C=O) groups is 2. The Morgan fingerprint density at radius 1 is 0.902 bits per heavy atom. The van der Waals surface area contributed by atoms with Crippen molar-refractivity contribution in [1.29, 1.82) is 0 Å². The highest BCUT2D eigenvalue weighted by molar-refractivity contribution is 7.92. The number of hydrogen-bond donors (Lipinski definition) is 1. The minimum atomic E-state index is -4.15. The highest BCUT2D eigenvalue weighted by atomic mass is 32.2. The van der Waals surface area contributed by atoms with Gasteiger partial charge in [-0.25, -0.2) is 8.42 Å². The molecule has 2 amide bonds. The van der Waals surface area contributed by atoms with E-state index in [1.807, 2.05) is 65.8 Å². The van der Waals surface area contributed by atoms with E-state index in [9.17, 15) is 18.0 Å². The second-order valence-electron chi connectivity index (χ2n) is 10.3. The van der Waals surface area contributed by atoms with Crippen LogP contribution in [-0.2, 0) is 26.2 Å². The molecule has 3 aromatic carbocycles. The average molecular weight is 580 g/mol. The van der Waals surface area contributed by atoms with Gasteiger partial charge in [0.15, 0.2) is 0 Å². The van der Waals surface area contributed by atoms with Crippen molar-refractivity contribution in [3.05, 3.63) is 89.5 Å². The predicted molar refractivity (Wildman–Crippen MR) is 162 cm³/mol. The van der Waals surface area contributed by atoms with Crippen molar-refractivity contribution in [1.82, 2.24) is 10.2 Å². The highest BCUT2D eigenvalue weighted by Gasteiger charge is 2.33. The SMILES string of the molecule is CCOc1ccc(S(=O)(=O)N(CC(=O)N(Cc2cccc(C)c2)[C@H](CC)C(=O)NC(C)C)c2ccc(C)cc2)cc1. The van der Waals surface area contributed by atoms with Gasteiger partial charge in [0.25, 0.3) is 10.0 Å². The molecule has 8 nitrogen and oxygen atoms in total. The zero-order chi connectivity index (χ0) is 30.2. The summed E-state index contributed by atoms with van der Waals surface area (Å²) < 4.78 is 34.6. The van der Waals surface area contributed by atoms with Crippen LogP contribution in [0.3, 0.4) is 0 Å². The smallest absolute Gasteiger partial charge is 0.264 e. The molecule has 1 N–H and O–H groups in total. The van der Waals surface area contributed by atoms with Crippen LogP contribution in [-0.4, -0.2) is 50.4 Å². The van der Waals surface area contributed by atoms with Gasteiger partial charge in [0.1, 0.15) is 18.3 Å². The standard InChI is InChI=1S/C32H41N3O5S/c1-7-30(32(37)33-23(3)4)34(21-26-11-9-10-25(6)20-26)31(36)22-35(27-14-12-24(5)13-15-27)41(38,39)29-18-16-28(17-19-29)40-8-2/h9-20,23,30H,7-8,21-22H2,1-6H3,(H,33,37)/t30-/m1/s1. The van der Waals surface area contributed by atoms with Crippen LogP contribution in [0, 0.1) is 13.8 Å². The summed E-state index contributed by atoms with van der Waals surface area (Å²) in [5.74, 6) is -0.206. The van der Waals surface area contributed by atoms with Gasteiger partial charge in [0.05, 0.1) is 17.2 Å². The van der Waals surface area contributed by atoms with E-state index in [1.165, 1.54) is 17.0 Å². The molecule has 0 saturated carbocycles. The summed E-state index contributed by atoms with van der Waals surface area (Å²) in [5, 5.41) is 2.91. The molecule has 0 fully saturated rings. The Morgan fingerprint density at radius 3 is 2.12 bits per heavy atom. The van der Waals surface area contributed by atoms with Gasteiger partial charge in [0.2, 0.25) is 11.8 Å². The molecule has 0 aromatic heterocycles. The van der Waals surface area contributed by atoms with Crippen LogP contribution in [0.2, 0.25) is 0 Å². The molecule has 0 aliphatic carbocycles. The van der Waals surface area contributed by atoms with Crippen molar-refractivity contribution in [2.24, 2.45) is 0 Å². The number of nitrogens with zero attached hydrogens (tertiary/aromatic N) is 2. The quantitative estimate of drug-likeness (QED) is 0.299. The second-order valence-corrected chi connectivity index (χ2v) is 12.2. The fourth-order valence-electron chi connectivity index (χ4n) is 4.55. The number of anilines is 1. The Balaban J connectivity index is 2.05. The summed E-state index contributed by atoms with van der Waals surface area (Å²) in [6, 6.07) is 19.9. The van der Waals surface area contributed by atoms with Crippen LogP contribution in [0.5, 0.6) is 5.75 Å². The van der Waals surface area contributed by atoms with Crippen molar-refractivity contribution in [3.63, 3.8) is 0 Å². The molecular formula is C32H41N3O5S. The lowest BCUT2D eigenvalue weighted by Gasteiger charge is -2.33. The molecule has 0 spiro atoms. The molecule has 220 valence electrons. The van der Waals surface area contributed by atoms with E-state index in [4.69, 9.17) is 4.74 Å². The molecule has 0 aliphatic heterocycles. The van der Waals surface area contributed by atoms with E-state index in [0.29, 0.717) is 24.5 Å². The summed E-state index contributed by atoms with van der Waals surface area (Å²) in [5.41, 5.74) is 3.18. The lowest BCUT2D eigenvalue weighted by atomic mass is 10.1. The number of sulfonamides is 1. The fraction of sp³-hybridized carbons (Fsp3) is 0.375. The number of carbonyl (C=O) groups excluding carboxylic acids is 2. The van der Waals surface area contributed by atoms with Gasteiger partial charge in [-0.05, 0) is 83.0 Å². The summed E-state index contributed by atoms with van der Waals surface area (Å²) >= 11 is 0. The Morgan fingerprint density at radius 2 is 1.56 bits per heavy atom. The Kier molecular flexibility index (Phi) is 10.9. The largest absolute Gasteiger partial charge is 0.494 e. The van der Waals surface area contributed by atoms with Crippen LogP contribution in [0.25, 0.3) is 0 Å². The first-order valence-electron chi connectivity index (χ1n) is 13.9. The maximum absolute atomic E-state index is 14.1. The highest BCUT2D eigenvalue weighted by Crippen LogP contribution is 2.26. The van der Waals surface area contributed by atoms with Gasteiger partial charge >= 0.3 is 0 Å². The second kappa shape index (κ2) is 14.2. The lowest BCUT2D eigenvalue weighted by molar-refractivity contribution is -0.140. The van der Waals surface area contributed by atoms with Crippen molar-refractivity contribution in [3.8, 4) is 5.75 Å². The molecule has 3 aromatic rings. The number of amides is 2. The summed E-state index contributed by atoms with van der Waals surface area (Å²) in [7, 11) is -4.15. The van der Waals surface area contributed by atoms with Crippen LogP contribution in [0.15, 0.2) is 77.7 Å². The summed E-state index contributed by atoms with van der Waals surface area (Å²) in [6.07, 6.45) is 0.367. The Hall–Kier alpha value is -3.85. The number of nitrogens with one attached hydrogen (secondary N) is 1. The van der Waals surface area contributed by atoms with E-state index in [0.717, 1.165) is 21.0 Å². The van der Waals surface area contributed by atoms with E-state index >= 15 is 0 Å². The third-order valence-electron chi connectivity index (χ3n) is 6.58. The summed E-state index contributed by atoms with van der Waals surface area (Å²) in [6.45, 7) is 11.4. The Bertz CT molecular complexity index is 1420. The first-order chi connectivity index (χ1) is 19.5. The number of aryl methyl sites for hydroxylation is 2. The maximum Gasteiger partial charge on any atom is 0.264 e. The number of benzene rings is 3. The van der Waals surface area contributed by atoms with Gasteiger partial charge in [-0.1, -0.05) is 54.4 Å². The maximum atomic E-state index is 14.1. The van der Waals surface area contributed by atoms with E-state index in [2.05, 4.69) is 5.32 Å². The monoisotopic (exact) mass is 579 g/mol. The van der Waals surface area contributed by atoms with Crippen molar-refractivity contribution >= 4 is 27.5 Å². The van der Waals surface area contributed by atoms with Crippen LogP contribution < -0.4 is 14.4 Å². The third kappa shape index (κ3) is 8.33. The van der Waals surface area contributed by atoms with Crippen LogP contribution in [0.4, 0.5) is 5.69 Å². The lowest BCUT2D eigenvalue weighted by Crippen LogP contribution is -2.53. The number of ether oxygens (including phenoxy) is 1. The number of rotatable bonds is 13. The normalized spacial score (nSPS) is 12.1.